The lowest BCUT2D eigenvalue weighted by molar-refractivity contribution is -0.145. The van der Waals surface area contributed by atoms with Gasteiger partial charge in [0.2, 0.25) is 17.7 Å². The number of primary amides is 1. The van der Waals surface area contributed by atoms with E-state index in [1.807, 2.05) is 18.2 Å². The van der Waals surface area contributed by atoms with Crippen LogP contribution in [-0.2, 0) is 14.4 Å². The van der Waals surface area contributed by atoms with E-state index in [0.717, 1.165) is 12.8 Å². The summed E-state index contributed by atoms with van der Waals surface area (Å²) in [6, 6.07) is 7.31. The summed E-state index contributed by atoms with van der Waals surface area (Å²) < 4.78 is 0. The van der Waals surface area contributed by atoms with Crippen molar-refractivity contribution in [2.45, 2.75) is 75.2 Å². The Morgan fingerprint density at radius 3 is 2.40 bits per heavy atom. The molecule has 5 amide bonds. The van der Waals surface area contributed by atoms with E-state index in [0.29, 0.717) is 25.8 Å². The molecule has 1 aromatic carbocycles. The third kappa shape index (κ3) is 5.27. The Morgan fingerprint density at radius 2 is 1.77 bits per heavy atom. The molecule has 2 saturated heterocycles. The Kier molecular flexibility index (Phi) is 7.59. The van der Waals surface area contributed by atoms with Crippen molar-refractivity contribution < 1.29 is 19.2 Å². The largest absolute Gasteiger partial charge is 0.351 e. The van der Waals surface area contributed by atoms with Crippen molar-refractivity contribution in [2.24, 2.45) is 5.73 Å². The van der Waals surface area contributed by atoms with E-state index >= 15 is 0 Å². The second kappa shape index (κ2) is 10.6. The molecule has 0 unspecified atom stereocenters. The zero-order chi connectivity index (χ0) is 25.1. The van der Waals surface area contributed by atoms with E-state index in [9.17, 15) is 19.2 Å². The average Bonchev–Trinajstić information content (AvgIpc) is 3.25. The standard InChI is InChI=1S/C25H36N6O4/c1-15(27-2)22(32)29-20-14-30(25(26)35)13-12-17-8-11-21(31(17)24(20)34)23(33)28-19-10-9-18(19)16-6-4-3-5-7-16/h3-7,15,17-21,27H,8-14H2,1-2H3,(H2,26,35)(H,28,33)(H,29,32)/t15-,17+,18+,19-,20-,21-/m0/s1. The quantitative estimate of drug-likeness (QED) is 0.460. The summed E-state index contributed by atoms with van der Waals surface area (Å²) in [5, 5.41) is 8.80. The Balaban J connectivity index is 1.49. The predicted octanol–water partition coefficient (Wildman–Crippen LogP) is 0.286. The average molecular weight is 485 g/mol. The van der Waals surface area contributed by atoms with Gasteiger partial charge in [0.25, 0.3) is 0 Å². The third-order valence-corrected chi connectivity index (χ3v) is 7.78. The van der Waals surface area contributed by atoms with Crippen LogP contribution in [0.3, 0.4) is 0 Å². The highest BCUT2D eigenvalue weighted by molar-refractivity contribution is 5.94. The van der Waals surface area contributed by atoms with Crippen molar-refractivity contribution in [3.8, 4) is 0 Å². The molecule has 2 aliphatic heterocycles. The van der Waals surface area contributed by atoms with Gasteiger partial charge in [-0.2, -0.15) is 0 Å². The lowest BCUT2D eigenvalue weighted by Gasteiger charge is -2.41. The van der Waals surface area contributed by atoms with Crippen LogP contribution in [0.25, 0.3) is 0 Å². The summed E-state index contributed by atoms with van der Waals surface area (Å²) >= 11 is 0. The van der Waals surface area contributed by atoms with Gasteiger partial charge in [-0.25, -0.2) is 4.79 Å². The topological polar surface area (TPSA) is 137 Å². The number of nitrogens with one attached hydrogen (secondary N) is 3. The number of benzene rings is 1. The molecule has 1 saturated carbocycles. The van der Waals surface area contributed by atoms with E-state index in [-0.39, 0.29) is 42.3 Å². The summed E-state index contributed by atoms with van der Waals surface area (Å²) in [7, 11) is 1.65. The number of hydrogen-bond acceptors (Lipinski definition) is 5. The number of likely N-dealkylation sites (N-methyl/N-ethyl adjacent to an activating group) is 1. The molecule has 4 rings (SSSR count). The number of hydrogen-bond donors (Lipinski definition) is 4. The summed E-state index contributed by atoms with van der Waals surface area (Å²) in [6.45, 7) is 2.03. The number of carbonyl (C=O) groups is 4. The first-order valence-corrected chi connectivity index (χ1v) is 12.5. The minimum absolute atomic E-state index is 0.0212. The van der Waals surface area contributed by atoms with Gasteiger partial charge in [-0.1, -0.05) is 30.3 Å². The maximum atomic E-state index is 13.7. The molecular weight excluding hydrogens is 448 g/mol. The van der Waals surface area contributed by atoms with Gasteiger partial charge in [0.1, 0.15) is 12.1 Å². The number of amides is 5. The molecule has 190 valence electrons. The lowest BCUT2D eigenvalue weighted by Crippen LogP contribution is -2.63. The molecule has 1 aliphatic carbocycles. The molecule has 0 aromatic heterocycles. The van der Waals surface area contributed by atoms with Crippen molar-refractivity contribution in [1.82, 2.24) is 25.8 Å². The SMILES string of the molecule is CN[C@@H](C)C(=O)N[C@H]1CN(C(N)=O)CC[C@H]2CC[C@@H](C(=O)N[C@H]3CC[C@@H]3c3ccccc3)N2C1=O. The molecule has 2 heterocycles. The predicted molar refractivity (Wildman–Crippen MR) is 130 cm³/mol. The number of urea groups is 1. The van der Waals surface area contributed by atoms with Gasteiger partial charge < -0.3 is 31.5 Å². The van der Waals surface area contributed by atoms with Crippen LogP contribution in [0.4, 0.5) is 4.79 Å². The van der Waals surface area contributed by atoms with Crippen LogP contribution in [-0.4, -0.2) is 83.9 Å². The van der Waals surface area contributed by atoms with Gasteiger partial charge in [0.15, 0.2) is 0 Å². The highest BCUT2D eigenvalue weighted by Gasteiger charge is 2.46. The van der Waals surface area contributed by atoms with Gasteiger partial charge in [-0.05, 0) is 51.6 Å². The highest BCUT2D eigenvalue weighted by Crippen LogP contribution is 2.37. The number of nitrogens with zero attached hydrogens (tertiary/aromatic N) is 2. The fourth-order valence-corrected chi connectivity index (χ4v) is 5.42. The normalized spacial score (nSPS) is 29.3. The summed E-state index contributed by atoms with van der Waals surface area (Å²) in [5.74, 6) is -0.566. The molecule has 0 spiro atoms. The molecule has 3 fully saturated rings. The minimum Gasteiger partial charge on any atom is -0.351 e. The first-order valence-electron chi connectivity index (χ1n) is 12.5. The Labute approximate surface area is 206 Å². The monoisotopic (exact) mass is 484 g/mol. The van der Waals surface area contributed by atoms with Crippen LogP contribution in [0.1, 0.15) is 50.5 Å². The molecule has 10 nitrogen and oxygen atoms in total. The van der Waals surface area contributed by atoms with Crippen molar-refractivity contribution in [2.75, 3.05) is 20.1 Å². The van der Waals surface area contributed by atoms with Crippen LogP contribution in [0.2, 0.25) is 0 Å². The van der Waals surface area contributed by atoms with Gasteiger partial charge in [0.05, 0.1) is 12.6 Å². The zero-order valence-electron chi connectivity index (χ0n) is 20.4. The number of rotatable bonds is 6. The number of fused-ring (bicyclic) bond motifs is 1. The second-order valence-corrected chi connectivity index (χ2v) is 9.85. The molecule has 3 aliphatic rings. The third-order valence-electron chi connectivity index (χ3n) is 7.78. The Morgan fingerprint density at radius 1 is 1.03 bits per heavy atom. The van der Waals surface area contributed by atoms with E-state index in [4.69, 9.17) is 5.73 Å². The van der Waals surface area contributed by atoms with Crippen molar-refractivity contribution >= 4 is 23.8 Å². The van der Waals surface area contributed by atoms with Gasteiger partial charge in [0, 0.05) is 24.5 Å². The maximum Gasteiger partial charge on any atom is 0.314 e. The van der Waals surface area contributed by atoms with Gasteiger partial charge in [-0.3, -0.25) is 14.4 Å². The van der Waals surface area contributed by atoms with Crippen molar-refractivity contribution in [1.29, 1.82) is 0 Å². The van der Waals surface area contributed by atoms with E-state index in [2.05, 4.69) is 28.1 Å². The van der Waals surface area contributed by atoms with Crippen LogP contribution < -0.4 is 21.7 Å². The fourth-order valence-electron chi connectivity index (χ4n) is 5.42. The van der Waals surface area contributed by atoms with Gasteiger partial charge >= 0.3 is 6.03 Å². The molecule has 0 radical (unpaired) electrons. The number of nitrogens with two attached hydrogens (primary N) is 1. The molecule has 10 heteroatoms. The zero-order valence-corrected chi connectivity index (χ0v) is 20.4. The first kappa shape index (κ1) is 25.0. The Bertz CT molecular complexity index is 957. The molecule has 5 N–H and O–H groups in total. The second-order valence-electron chi connectivity index (χ2n) is 9.85. The summed E-state index contributed by atoms with van der Waals surface area (Å²) in [4.78, 5) is 54.7. The smallest absolute Gasteiger partial charge is 0.314 e. The summed E-state index contributed by atoms with van der Waals surface area (Å²) in [6.07, 6.45) is 3.68. The summed E-state index contributed by atoms with van der Waals surface area (Å²) in [5.41, 5.74) is 6.75. The molecule has 1 aromatic rings. The molecule has 35 heavy (non-hydrogen) atoms. The van der Waals surface area contributed by atoms with Crippen molar-refractivity contribution in [3.63, 3.8) is 0 Å². The minimum atomic E-state index is -0.970. The van der Waals surface area contributed by atoms with Crippen LogP contribution in [0.5, 0.6) is 0 Å². The molecule has 6 atom stereocenters. The van der Waals surface area contributed by atoms with E-state index < -0.39 is 24.2 Å². The first-order chi connectivity index (χ1) is 16.8. The number of carbonyl (C=O) groups excluding carboxylic acids is 4. The molecular formula is C25H36N6O4. The van der Waals surface area contributed by atoms with Gasteiger partial charge in [-0.15, -0.1) is 0 Å². The van der Waals surface area contributed by atoms with Crippen LogP contribution in [0.15, 0.2) is 30.3 Å². The van der Waals surface area contributed by atoms with E-state index in [1.165, 1.54) is 10.5 Å². The molecule has 0 bridgehead atoms. The highest BCUT2D eigenvalue weighted by atomic mass is 16.2. The van der Waals surface area contributed by atoms with Crippen LogP contribution in [0, 0.1) is 0 Å². The van der Waals surface area contributed by atoms with Crippen LogP contribution >= 0.6 is 0 Å². The Hall–Kier alpha value is -3.14. The lowest BCUT2D eigenvalue weighted by atomic mass is 9.75. The van der Waals surface area contributed by atoms with E-state index in [1.54, 1.807) is 18.9 Å². The maximum absolute atomic E-state index is 13.7. The fraction of sp³-hybridized carbons (Fsp3) is 0.600. The van der Waals surface area contributed by atoms with Crippen molar-refractivity contribution in [3.05, 3.63) is 35.9 Å².